The fourth-order valence-corrected chi connectivity index (χ4v) is 3.83. The lowest BCUT2D eigenvalue weighted by atomic mass is 10.2. The summed E-state index contributed by atoms with van der Waals surface area (Å²) in [5, 5.41) is 0. The zero-order chi connectivity index (χ0) is 19.4. The molecule has 8 heteroatoms. The highest BCUT2D eigenvalue weighted by Crippen LogP contribution is 2.22. The Morgan fingerprint density at radius 2 is 1.93 bits per heavy atom. The summed E-state index contributed by atoms with van der Waals surface area (Å²) in [7, 11) is -1.96. The fourth-order valence-electron chi connectivity index (χ4n) is 2.47. The van der Waals surface area contributed by atoms with Gasteiger partial charge in [0.25, 0.3) is 0 Å². The summed E-state index contributed by atoms with van der Waals surface area (Å²) in [6, 6.07) is 12.3. The van der Waals surface area contributed by atoms with E-state index in [9.17, 15) is 8.42 Å². The summed E-state index contributed by atoms with van der Waals surface area (Å²) >= 11 is 3.37. The monoisotopic (exact) mass is 450 g/mol. The van der Waals surface area contributed by atoms with Crippen molar-refractivity contribution in [3.63, 3.8) is 0 Å². The molecular formula is C19H19BrN2O4S. The van der Waals surface area contributed by atoms with Crippen molar-refractivity contribution in [2.24, 2.45) is 0 Å². The first-order valence-corrected chi connectivity index (χ1v) is 10.5. The van der Waals surface area contributed by atoms with E-state index in [2.05, 4.69) is 25.6 Å². The number of oxazole rings is 1. The highest BCUT2D eigenvalue weighted by molar-refractivity contribution is 9.10. The Labute approximate surface area is 166 Å². The molecule has 0 bridgehead atoms. The fraction of sp³-hybridized carbons (Fsp3) is 0.211. The molecule has 2 aromatic carbocycles. The number of halogens is 1. The number of sulfonamides is 1. The molecule has 0 spiro atoms. The van der Waals surface area contributed by atoms with Crippen molar-refractivity contribution in [2.75, 3.05) is 13.7 Å². The van der Waals surface area contributed by atoms with Crippen LogP contribution in [0.25, 0.3) is 11.5 Å². The summed E-state index contributed by atoms with van der Waals surface area (Å²) in [6.07, 6.45) is 1.96. The van der Waals surface area contributed by atoms with Crippen LogP contribution in [0.3, 0.4) is 0 Å². The van der Waals surface area contributed by atoms with E-state index in [-0.39, 0.29) is 11.4 Å². The molecule has 0 atom stereocenters. The van der Waals surface area contributed by atoms with Gasteiger partial charge in [-0.25, -0.2) is 18.1 Å². The molecule has 0 radical (unpaired) electrons. The topological polar surface area (TPSA) is 81.4 Å². The summed E-state index contributed by atoms with van der Waals surface area (Å²) in [5.41, 5.74) is 2.36. The number of rotatable bonds is 7. The maximum absolute atomic E-state index is 12.4. The Morgan fingerprint density at radius 1 is 1.19 bits per heavy atom. The molecule has 0 aliphatic heterocycles. The van der Waals surface area contributed by atoms with Gasteiger partial charge >= 0.3 is 0 Å². The number of hydrogen-bond acceptors (Lipinski definition) is 5. The SMILES string of the molecule is COc1ccc(-c2nc(CCNS(=O)(=O)c3ccc(Br)c(C)c3)co2)cc1. The molecule has 0 saturated heterocycles. The van der Waals surface area contributed by atoms with Crippen LogP contribution in [0.2, 0.25) is 0 Å². The van der Waals surface area contributed by atoms with Gasteiger partial charge in [0, 0.05) is 23.0 Å². The number of benzene rings is 2. The first kappa shape index (κ1) is 19.6. The molecule has 1 aromatic heterocycles. The minimum absolute atomic E-state index is 0.228. The van der Waals surface area contributed by atoms with E-state index in [0.29, 0.717) is 18.0 Å². The highest BCUT2D eigenvalue weighted by Gasteiger charge is 2.15. The number of nitrogens with zero attached hydrogens (tertiary/aromatic N) is 1. The maximum atomic E-state index is 12.4. The largest absolute Gasteiger partial charge is 0.497 e. The second kappa shape index (κ2) is 8.24. The average Bonchev–Trinajstić information content (AvgIpc) is 3.12. The van der Waals surface area contributed by atoms with Crippen LogP contribution >= 0.6 is 15.9 Å². The molecule has 1 heterocycles. The standard InChI is InChI=1S/C19H19BrN2O4S/c1-13-11-17(7-8-18(13)20)27(23,24)21-10-9-15-12-26-19(22-15)14-3-5-16(25-2)6-4-14/h3-8,11-12,21H,9-10H2,1-2H3. The molecule has 3 aromatic rings. The Morgan fingerprint density at radius 3 is 2.59 bits per heavy atom. The van der Waals surface area contributed by atoms with Gasteiger partial charge in [0.05, 0.1) is 17.7 Å². The van der Waals surface area contributed by atoms with Gasteiger partial charge in [0.2, 0.25) is 15.9 Å². The van der Waals surface area contributed by atoms with Gasteiger partial charge in [-0.3, -0.25) is 0 Å². The molecular weight excluding hydrogens is 432 g/mol. The van der Waals surface area contributed by atoms with Crippen molar-refractivity contribution in [1.82, 2.24) is 9.71 Å². The molecule has 0 aliphatic carbocycles. The Kier molecular flexibility index (Phi) is 5.98. The Balaban J connectivity index is 1.62. The highest BCUT2D eigenvalue weighted by atomic mass is 79.9. The van der Waals surface area contributed by atoms with Crippen molar-refractivity contribution >= 4 is 26.0 Å². The summed E-state index contributed by atoms with van der Waals surface area (Å²) < 4.78 is 38.9. The molecule has 0 saturated carbocycles. The Bertz CT molecular complexity index is 1030. The van der Waals surface area contributed by atoms with Crippen LogP contribution in [0.5, 0.6) is 5.75 Å². The van der Waals surface area contributed by atoms with Crippen molar-refractivity contribution in [3.8, 4) is 17.2 Å². The zero-order valence-corrected chi connectivity index (χ0v) is 17.3. The van der Waals surface area contributed by atoms with E-state index in [1.54, 1.807) is 25.3 Å². The first-order chi connectivity index (χ1) is 12.9. The lowest BCUT2D eigenvalue weighted by Gasteiger charge is -2.07. The molecule has 0 amide bonds. The number of ether oxygens (including phenoxy) is 1. The van der Waals surface area contributed by atoms with Crippen LogP contribution < -0.4 is 9.46 Å². The van der Waals surface area contributed by atoms with Crippen LogP contribution in [0.4, 0.5) is 0 Å². The van der Waals surface area contributed by atoms with E-state index < -0.39 is 10.0 Å². The zero-order valence-electron chi connectivity index (χ0n) is 14.9. The second-order valence-corrected chi connectivity index (χ2v) is 8.55. The van der Waals surface area contributed by atoms with E-state index in [1.807, 2.05) is 31.2 Å². The van der Waals surface area contributed by atoms with Crippen LogP contribution in [0, 0.1) is 6.92 Å². The number of aryl methyl sites for hydroxylation is 1. The third-order valence-electron chi connectivity index (χ3n) is 4.00. The van der Waals surface area contributed by atoms with Gasteiger partial charge in [-0.1, -0.05) is 15.9 Å². The average molecular weight is 451 g/mol. The molecule has 6 nitrogen and oxygen atoms in total. The minimum atomic E-state index is -3.57. The third-order valence-corrected chi connectivity index (χ3v) is 6.35. The van der Waals surface area contributed by atoms with E-state index in [4.69, 9.17) is 9.15 Å². The third kappa shape index (κ3) is 4.77. The quantitative estimate of drug-likeness (QED) is 0.589. The molecule has 0 fully saturated rings. The molecule has 3 rings (SSSR count). The lowest BCUT2D eigenvalue weighted by Crippen LogP contribution is -2.26. The van der Waals surface area contributed by atoms with Crippen LogP contribution in [0.15, 0.2) is 62.5 Å². The lowest BCUT2D eigenvalue weighted by molar-refractivity contribution is 0.415. The van der Waals surface area contributed by atoms with Crippen LogP contribution in [-0.4, -0.2) is 27.1 Å². The molecule has 27 heavy (non-hydrogen) atoms. The van der Waals surface area contributed by atoms with E-state index >= 15 is 0 Å². The summed E-state index contributed by atoms with van der Waals surface area (Å²) in [5.74, 6) is 1.24. The van der Waals surface area contributed by atoms with Crippen molar-refractivity contribution in [1.29, 1.82) is 0 Å². The number of nitrogens with one attached hydrogen (secondary N) is 1. The molecule has 0 aliphatic rings. The number of aromatic nitrogens is 1. The van der Waals surface area contributed by atoms with Crippen LogP contribution in [0.1, 0.15) is 11.3 Å². The van der Waals surface area contributed by atoms with Gasteiger partial charge in [-0.05, 0) is 55.0 Å². The second-order valence-electron chi connectivity index (χ2n) is 5.93. The Hall–Kier alpha value is -2.16. The van der Waals surface area contributed by atoms with Gasteiger partial charge in [0.15, 0.2) is 0 Å². The molecule has 142 valence electrons. The smallest absolute Gasteiger partial charge is 0.240 e. The van der Waals surface area contributed by atoms with Gasteiger partial charge in [-0.15, -0.1) is 0 Å². The first-order valence-electron chi connectivity index (χ1n) is 8.24. The van der Waals surface area contributed by atoms with Gasteiger partial charge in [0.1, 0.15) is 12.0 Å². The number of methoxy groups -OCH3 is 1. The van der Waals surface area contributed by atoms with E-state index in [0.717, 1.165) is 21.3 Å². The predicted molar refractivity (Wildman–Crippen MR) is 106 cm³/mol. The molecule has 0 unspecified atom stereocenters. The van der Waals surface area contributed by atoms with Crippen molar-refractivity contribution < 1.29 is 17.6 Å². The van der Waals surface area contributed by atoms with E-state index in [1.165, 1.54) is 6.26 Å². The molecule has 1 N–H and O–H groups in total. The summed E-state index contributed by atoms with van der Waals surface area (Å²) in [4.78, 5) is 4.64. The van der Waals surface area contributed by atoms with Gasteiger partial charge < -0.3 is 9.15 Å². The van der Waals surface area contributed by atoms with Gasteiger partial charge in [-0.2, -0.15) is 0 Å². The summed E-state index contributed by atoms with van der Waals surface area (Å²) in [6.45, 7) is 2.07. The van der Waals surface area contributed by atoms with Crippen molar-refractivity contribution in [2.45, 2.75) is 18.2 Å². The minimum Gasteiger partial charge on any atom is -0.497 e. The maximum Gasteiger partial charge on any atom is 0.240 e. The normalized spacial score (nSPS) is 11.5. The predicted octanol–water partition coefficient (Wildman–Crippen LogP) is 3.94. The number of hydrogen-bond donors (Lipinski definition) is 1. The van der Waals surface area contributed by atoms with Crippen LogP contribution in [-0.2, 0) is 16.4 Å². The van der Waals surface area contributed by atoms with Crippen molar-refractivity contribution in [3.05, 3.63) is 64.5 Å².